The van der Waals surface area contributed by atoms with Gasteiger partial charge in [-0.1, -0.05) is 26.8 Å². The third kappa shape index (κ3) is 2.79. The Morgan fingerprint density at radius 3 is 2.11 bits per heavy atom. The molecule has 0 aliphatic carbocycles. The number of hydrogen-bond acceptors (Lipinski definition) is 4. The minimum absolute atomic E-state index is 0.0329. The van der Waals surface area contributed by atoms with E-state index in [1.165, 1.54) is 0 Å². The summed E-state index contributed by atoms with van der Waals surface area (Å²) in [6.45, 7) is 10.3. The monoisotopic (exact) mass is 347 g/mol. The molecule has 108 valence electrons. The molecule has 0 N–H and O–H groups in total. The first kappa shape index (κ1) is 15.5. The normalized spacial score (nSPS) is 24.0. The first-order valence-corrected chi connectivity index (χ1v) is 8.21. The summed E-state index contributed by atoms with van der Waals surface area (Å²) in [5, 5.41) is 2.02. The first-order chi connectivity index (χ1) is 8.58. The van der Waals surface area contributed by atoms with Crippen LogP contribution in [0.5, 0.6) is 0 Å². The maximum Gasteiger partial charge on any atom is 0.420 e. The SMILES string of the molecule is CC(C)O[B-]1(c2cc(Br)cs2)OC(C)(C)C(C)(C)O1. The second-order valence-corrected chi connectivity index (χ2v) is 8.11. The molecule has 1 aromatic rings. The van der Waals surface area contributed by atoms with Crippen molar-refractivity contribution in [2.75, 3.05) is 0 Å². The van der Waals surface area contributed by atoms with Crippen molar-refractivity contribution in [3.05, 3.63) is 15.9 Å². The molecule has 0 aromatic carbocycles. The molecule has 6 heteroatoms. The van der Waals surface area contributed by atoms with E-state index in [0.29, 0.717) is 0 Å². The van der Waals surface area contributed by atoms with E-state index < -0.39 is 18.0 Å². The molecular formula is C13H21BBrO3S-. The van der Waals surface area contributed by atoms with Gasteiger partial charge < -0.3 is 14.0 Å². The van der Waals surface area contributed by atoms with Crippen molar-refractivity contribution in [3.8, 4) is 0 Å². The van der Waals surface area contributed by atoms with Gasteiger partial charge in [0, 0.05) is 27.2 Å². The second-order valence-electron chi connectivity index (χ2n) is 6.25. The summed E-state index contributed by atoms with van der Waals surface area (Å²) in [5.41, 5.74) is -0.809. The van der Waals surface area contributed by atoms with Crippen LogP contribution < -0.4 is 4.78 Å². The minimum atomic E-state index is -1.89. The Bertz CT molecular complexity index is 454. The van der Waals surface area contributed by atoms with Gasteiger partial charge in [-0.15, -0.1) is 0 Å². The van der Waals surface area contributed by atoms with E-state index in [0.717, 1.165) is 9.25 Å². The minimum Gasteiger partial charge on any atom is -0.538 e. The zero-order valence-electron chi connectivity index (χ0n) is 12.3. The molecule has 0 radical (unpaired) electrons. The number of hydrogen-bond donors (Lipinski definition) is 0. The second kappa shape index (κ2) is 4.84. The van der Waals surface area contributed by atoms with Crippen LogP contribution in [0.2, 0.25) is 0 Å². The summed E-state index contributed by atoms with van der Waals surface area (Å²) in [5.74, 6) is 0. The van der Waals surface area contributed by atoms with Gasteiger partial charge in [0.25, 0.3) is 0 Å². The fourth-order valence-electron chi connectivity index (χ4n) is 2.19. The lowest BCUT2D eigenvalue weighted by Crippen LogP contribution is -2.54. The van der Waals surface area contributed by atoms with E-state index in [1.54, 1.807) is 11.3 Å². The average molecular weight is 348 g/mol. The standard InChI is InChI=1S/C13H21BBrO3S/c1-9(2)16-14(11-7-10(15)8-19-11)17-12(3,4)13(5,6)18-14/h7-9H,1-6H3/q-1. The van der Waals surface area contributed by atoms with Gasteiger partial charge in [-0.05, 0) is 41.5 Å². The highest BCUT2D eigenvalue weighted by atomic mass is 79.9. The molecule has 0 atom stereocenters. The van der Waals surface area contributed by atoms with Gasteiger partial charge in [-0.2, -0.15) is 11.3 Å². The fourth-order valence-corrected chi connectivity index (χ4v) is 3.70. The summed E-state index contributed by atoms with van der Waals surface area (Å²) < 4.78 is 20.6. The Balaban J connectivity index is 2.44. The molecule has 1 aliphatic heterocycles. The van der Waals surface area contributed by atoms with Crippen molar-refractivity contribution >= 4 is 38.8 Å². The zero-order chi connectivity index (χ0) is 14.5. The van der Waals surface area contributed by atoms with Crippen molar-refractivity contribution in [1.29, 1.82) is 0 Å². The molecule has 2 rings (SSSR count). The lowest BCUT2D eigenvalue weighted by Gasteiger charge is -2.38. The molecule has 0 spiro atoms. The predicted octanol–water partition coefficient (Wildman–Crippen LogP) is 3.69. The van der Waals surface area contributed by atoms with E-state index >= 15 is 0 Å². The fraction of sp³-hybridized carbons (Fsp3) is 0.692. The molecule has 0 unspecified atom stereocenters. The lowest BCUT2D eigenvalue weighted by molar-refractivity contribution is 0.00578. The lowest BCUT2D eigenvalue weighted by atomic mass is 9.76. The number of thiophene rings is 1. The molecule has 3 nitrogen and oxygen atoms in total. The Kier molecular flexibility index (Phi) is 3.96. The van der Waals surface area contributed by atoms with Crippen molar-refractivity contribution in [3.63, 3.8) is 0 Å². The van der Waals surface area contributed by atoms with Crippen molar-refractivity contribution in [1.82, 2.24) is 0 Å². The Hall–Kier alpha value is 0.125. The van der Waals surface area contributed by atoms with Crippen LogP contribution in [0.25, 0.3) is 0 Å². The van der Waals surface area contributed by atoms with Gasteiger partial charge in [0.05, 0.1) is 0 Å². The molecule has 1 aliphatic rings. The van der Waals surface area contributed by atoms with Gasteiger partial charge in [-0.25, -0.2) is 0 Å². The average Bonchev–Trinajstić information content (AvgIpc) is 2.68. The van der Waals surface area contributed by atoms with Gasteiger partial charge in [0.2, 0.25) is 0 Å². The number of halogens is 1. The highest BCUT2D eigenvalue weighted by molar-refractivity contribution is 9.10. The highest BCUT2D eigenvalue weighted by Gasteiger charge is 2.54. The van der Waals surface area contributed by atoms with Crippen LogP contribution in [0, 0.1) is 0 Å². The zero-order valence-corrected chi connectivity index (χ0v) is 14.7. The summed E-state index contributed by atoms with van der Waals surface area (Å²) in [6, 6.07) is 2.02. The Labute approximate surface area is 127 Å². The smallest absolute Gasteiger partial charge is 0.420 e. The van der Waals surface area contributed by atoms with Crippen LogP contribution in [0.3, 0.4) is 0 Å². The number of rotatable bonds is 3. The van der Waals surface area contributed by atoms with E-state index in [-0.39, 0.29) is 6.10 Å². The van der Waals surface area contributed by atoms with E-state index in [1.807, 2.05) is 53.0 Å². The van der Waals surface area contributed by atoms with Crippen LogP contribution >= 0.6 is 27.3 Å². The first-order valence-electron chi connectivity index (χ1n) is 6.54. The van der Waals surface area contributed by atoms with Crippen LogP contribution in [0.15, 0.2) is 15.9 Å². The van der Waals surface area contributed by atoms with E-state index in [4.69, 9.17) is 14.0 Å². The van der Waals surface area contributed by atoms with Crippen LogP contribution in [0.4, 0.5) is 0 Å². The third-order valence-electron chi connectivity index (χ3n) is 3.74. The molecule has 1 saturated heterocycles. The predicted molar refractivity (Wildman–Crippen MR) is 84.0 cm³/mol. The molecule has 0 bridgehead atoms. The molecule has 1 aromatic heterocycles. The molecule has 0 saturated carbocycles. The van der Waals surface area contributed by atoms with Crippen molar-refractivity contribution in [2.24, 2.45) is 0 Å². The summed E-state index contributed by atoms with van der Waals surface area (Å²) in [6.07, 6.45) is 0.0329. The van der Waals surface area contributed by atoms with Gasteiger partial charge in [0.15, 0.2) is 0 Å². The Morgan fingerprint density at radius 1 is 1.21 bits per heavy atom. The van der Waals surface area contributed by atoms with E-state index in [9.17, 15) is 0 Å². The molecule has 1 fully saturated rings. The molecule has 0 amide bonds. The van der Waals surface area contributed by atoms with Gasteiger partial charge >= 0.3 is 6.75 Å². The Morgan fingerprint density at radius 2 is 1.74 bits per heavy atom. The van der Waals surface area contributed by atoms with Gasteiger partial charge in [0.1, 0.15) is 0 Å². The maximum atomic E-state index is 6.27. The van der Waals surface area contributed by atoms with Crippen LogP contribution in [0.1, 0.15) is 41.5 Å². The van der Waals surface area contributed by atoms with Crippen LogP contribution in [-0.4, -0.2) is 24.1 Å². The molecular weight excluding hydrogens is 327 g/mol. The molecule has 19 heavy (non-hydrogen) atoms. The third-order valence-corrected chi connectivity index (χ3v) is 5.55. The van der Waals surface area contributed by atoms with Crippen LogP contribution in [-0.2, 0) is 14.0 Å². The summed E-state index contributed by atoms with van der Waals surface area (Å²) >= 11 is 5.08. The summed E-state index contributed by atoms with van der Waals surface area (Å²) in [7, 11) is 0. The summed E-state index contributed by atoms with van der Waals surface area (Å²) in [4.78, 5) is 0. The highest BCUT2D eigenvalue weighted by Crippen LogP contribution is 2.42. The van der Waals surface area contributed by atoms with Crippen molar-refractivity contribution in [2.45, 2.75) is 58.8 Å². The van der Waals surface area contributed by atoms with E-state index in [2.05, 4.69) is 15.9 Å². The quantitative estimate of drug-likeness (QED) is 0.780. The molecule has 2 heterocycles. The maximum absolute atomic E-state index is 6.27. The topological polar surface area (TPSA) is 27.7 Å². The largest absolute Gasteiger partial charge is 0.538 e. The van der Waals surface area contributed by atoms with Crippen molar-refractivity contribution < 1.29 is 14.0 Å². The van der Waals surface area contributed by atoms with Gasteiger partial charge in [-0.3, -0.25) is 0 Å².